The van der Waals surface area contributed by atoms with Gasteiger partial charge in [0.25, 0.3) is 0 Å². The van der Waals surface area contributed by atoms with Gasteiger partial charge in [-0.25, -0.2) is 4.79 Å². The lowest BCUT2D eigenvalue weighted by Gasteiger charge is -2.27. The molecule has 77 heavy (non-hydrogen) atoms. The first kappa shape index (κ1) is 64.2. The molecule has 9 atom stereocenters. The van der Waals surface area contributed by atoms with Gasteiger partial charge >= 0.3 is 17.9 Å². The third kappa shape index (κ3) is 23.8. The van der Waals surface area contributed by atoms with Gasteiger partial charge in [0, 0.05) is 36.0 Å². The summed E-state index contributed by atoms with van der Waals surface area (Å²) in [7, 11) is 4.73. The highest BCUT2D eigenvalue weighted by Gasteiger charge is 2.36. The van der Waals surface area contributed by atoms with Crippen LogP contribution in [-0.4, -0.2) is 196 Å². The quantitative estimate of drug-likeness (QED) is 0.0317. The number of nitrogens with zero attached hydrogens (tertiary/aromatic N) is 1. The fourth-order valence-electron chi connectivity index (χ4n) is 6.63. The lowest BCUT2D eigenvalue weighted by Crippen LogP contribution is -2.60. The zero-order valence-corrected chi connectivity index (χ0v) is 44.6. The Bertz CT molecular complexity index is 2350. The van der Waals surface area contributed by atoms with Crippen molar-refractivity contribution >= 4 is 126 Å². The molecule has 1 aromatic carbocycles. The van der Waals surface area contributed by atoms with E-state index in [9.17, 15) is 77.6 Å². The third-order valence-electron chi connectivity index (χ3n) is 10.8. The van der Waals surface area contributed by atoms with E-state index in [4.69, 9.17) is 11.5 Å². The Kier molecular flexibility index (Phi) is 27.7. The zero-order valence-electron chi connectivity index (χ0n) is 41.3. The first-order valence-corrected chi connectivity index (χ1v) is 28.2. The molecule has 2 aliphatic rings. The van der Waals surface area contributed by atoms with E-state index >= 15 is 0 Å². The van der Waals surface area contributed by atoms with Gasteiger partial charge in [-0.15, -0.1) is 0 Å². The predicted molar refractivity (Wildman–Crippen MR) is 281 cm³/mol. The van der Waals surface area contributed by atoms with Crippen LogP contribution in [0.2, 0.25) is 0 Å². The maximum absolute atomic E-state index is 14.4. The van der Waals surface area contributed by atoms with Crippen molar-refractivity contribution in [2.75, 3.05) is 43.1 Å². The van der Waals surface area contributed by atoms with Crippen LogP contribution in [0.3, 0.4) is 0 Å². The second kappa shape index (κ2) is 33.2. The molecular formula is C43H61N14O16S4. The maximum Gasteiger partial charge on any atom is 0.329 e. The number of carbonyl (C=O) groups excluding carboxylic acids is 10. The monoisotopic (exact) mass is 1160 g/mol. The summed E-state index contributed by atoms with van der Waals surface area (Å²) in [6.45, 7) is 0.920. The summed E-state index contributed by atoms with van der Waals surface area (Å²) < 4.78 is 0. The number of fused-ring (bicyclic) bond motifs is 5. The molecule has 2 bridgehead atoms. The number of carbonyl (C=O) groups is 13. The number of likely N-dealkylation sites (N-methyl/N-ethyl adjacent to an activating group) is 1. The van der Waals surface area contributed by atoms with Crippen LogP contribution in [0.15, 0.2) is 35.3 Å². The van der Waals surface area contributed by atoms with E-state index in [1.807, 2.05) is 5.32 Å². The highest BCUT2D eigenvalue weighted by molar-refractivity contribution is 8.77. The van der Waals surface area contributed by atoms with Gasteiger partial charge in [0.2, 0.25) is 59.1 Å². The maximum atomic E-state index is 14.4. The number of aliphatic imine (C=N–C) groups is 1. The molecular weight excluding hydrogens is 1100 g/mol. The SMILES string of the molecule is CNC(C)C(=O)NC1CSSCC(C(=O)N[CH]C(=O)O)NC(=O)C(Cc2ccccc2)NC(=O)C2CSSCC(NC(=O)C(CC(=O)O)NC1=O)C(=O)NC(CCCN=C(N)N)C(=O)NCC(=O)NC(CC(=O)O)C(=O)N2. The number of nitrogens with one attached hydrogen (secondary N) is 11. The van der Waals surface area contributed by atoms with Gasteiger partial charge in [0.1, 0.15) is 48.3 Å². The van der Waals surface area contributed by atoms with Crippen molar-refractivity contribution in [1.29, 1.82) is 0 Å². The predicted octanol–water partition coefficient (Wildman–Crippen LogP) is -6.01. The average molecular weight is 1160 g/mol. The minimum absolute atomic E-state index is 0.0399. The number of benzene rings is 1. The summed E-state index contributed by atoms with van der Waals surface area (Å²) in [5.41, 5.74) is 11.3. The van der Waals surface area contributed by atoms with E-state index in [-0.39, 0.29) is 43.3 Å². The summed E-state index contributed by atoms with van der Waals surface area (Å²) in [4.78, 5) is 178. The first-order valence-electron chi connectivity index (χ1n) is 23.2. The van der Waals surface area contributed by atoms with Crippen LogP contribution in [0.25, 0.3) is 0 Å². The highest BCUT2D eigenvalue weighted by Crippen LogP contribution is 2.25. The van der Waals surface area contributed by atoms with Gasteiger partial charge in [-0.3, -0.25) is 62.5 Å². The summed E-state index contributed by atoms with van der Waals surface area (Å²) in [5, 5.41) is 55.2. The average Bonchev–Trinajstić information content (AvgIpc) is 3.37. The zero-order chi connectivity index (χ0) is 57.2. The van der Waals surface area contributed by atoms with Gasteiger partial charge < -0.3 is 85.3 Å². The molecule has 2 aliphatic heterocycles. The van der Waals surface area contributed by atoms with Gasteiger partial charge in [-0.1, -0.05) is 73.5 Å². The van der Waals surface area contributed by atoms with E-state index in [0.29, 0.717) is 12.1 Å². The smallest absolute Gasteiger partial charge is 0.329 e. The highest BCUT2D eigenvalue weighted by atomic mass is 33.1. The van der Waals surface area contributed by atoms with Crippen molar-refractivity contribution < 1.29 is 77.6 Å². The number of aliphatic carboxylic acids is 3. The van der Waals surface area contributed by atoms with Crippen molar-refractivity contribution in [3.8, 4) is 0 Å². The van der Waals surface area contributed by atoms with Crippen LogP contribution < -0.4 is 70.0 Å². The Morgan fingerprint density at radius 1 is 0.675 bits per heavy atom. The Labute approximate surface area is 455 Å². The lowest BCUT2D eigenvalue weighted by molar-refractivity contribution is -0.141. The summed E-state index contributed by atoms with van der Waals surface area (Å²) in [6, 6.07) is -6.09. The van der Waals surface area contributed by atoms with Gasteiger partial charge in [0.15, 0.2) is 12.5 Å². The number of carboxylic acids is 3. The standard InChI is InChI=1S/C43H61N14O16S4/c1-20(46-2)34(65)54-27-17-75-74-16-26(36(67)49-15-33(63)64)55-37(68)23(11-21-7-4-3-5-8-21)52-42(73)29-19-77-76-18-28(57-39(70)25(13-32(61)62)53-41(27)72)40(71)51-22(9-6-10-47-43(44)45)35(66)48-14-30(58)50-24(12-31(59)60)38(69)56-29/h3-5,7-8,15,20,22-29,46H,6,9-14,16-19H2,1-2H3,(H,48,66)(H,49,67)(H,50,58)(H,51,71)(H,52,73)(H,53,72)(H,54,65)(H,55,68)(H,56,69)(H,57,70)(H,59,60)(H,61,62)(H,63,64)(H4,44,45,47). The largest absolute Gasteiger partial charge is 0.481 e. The topological polar surface area (TPSA) is 479 Å². The van der Waals surface area contributed by atoms with Gasteiger partial charge in [-0.2, -0.15) is 0 Å². The molecule has 34 heteroatoms. The third-order valence-corrected chi connectivity index (χ3v) is 15.6. The van der Waals surface area contributed by atoms with Gasteiger partial charge in [0.05, 0.1) is 25.4 Å². The van der Waals surface area contributed by atoms with Crippen molar-refractivity contribution in [3.05, 3.63) is 42.4 Å². The van der Waals surface area contributed by atoms with Crippen molar-refractivity contribution in [2.45, 2.75) is 93.4 Å². The molecule has 1 aromatic rings. The second-order valence-corrected chi connectivity index (χ2v) is 21.8. The van der Waals surface area contributed by atoms with E-state index < -0.39 is 162 Å². The van der Waals surface area contributed by atoms with E-state index in [0.717, 1.165) is 43.2 Å². The molecule has 0 spiro atoms. The minimum atomic E-state index is -1.94. The fourth-order valence-corrected chi connectivity index (χ4v) is 11.3. The van der Waals surface area contributed by atoms with Gasteiger partial charge in [-0.05, 0) is 32.4 Å². The Morgan fingerprint density at radius 3 is 1.77 bits per heavy atom. The normalized spacial score (nSPS) is 24.4. The summed E-state index contributed by atoms with van der Waals surface area (Å²) >= 11 is 0. The summed E-state index contributed by atoms with van der Waals surface area (Å²) in [5.74, 6) is -17.1. The number of hydrogen-bond donors (Lipinski definition) is 16. The van der Waals surface area contributed by atoms with Crippen LogP contribution in [-0.2, 0) is 68.7 Å². The van der Waals surface area contributed by atoms with Crippen LogP contribution >= 0.6 is 43.2 Å². The minimum Gasteiger partial charge on any atom is -0.481 e. The molecule has 3 rings (SSSR count). The Balaban J connectivity index is 2.25. The van der Waals surface area contributed by atoms with Crippen molar-refractivity contribution in [1.82, 2.24) is 58.5 Å². The molecule has 2 heterocycles. The van der Waals surface area contributed by atoms with E-state index in [2.05, 4.69) is 58.2 Å². The number of nitrogens with two attached hydrogens (primary N) is 2. The second-order valence-electron chi connectivity index (χ2n) is 16.7. The Morgan fingerprint density at radius 2 is 1.21 bits per heavy atom. The molecule has 1 radical (unpaired) electrons. The number of carboxylic acid groups (broad SMARTS) is 3. The molecule has 423 valence electrons. The molecule has 0 saturated carbocycles. The fraction of sp³-hybridized carbons (Fsp3) is 0.512. The molecule has 2 saturated heterocycles. The number of amides is 10. The van der Waals surface area contributed by atoms with E-state index in [1.165, 1.54) is 14.0 Å². The van der Waals surface area contributed by atoms with Crippen LogP contribution in [0, 0.1) is 6.54 Å². The molecule has 0 aromatic heterocycles. The van der Waals surface area contributed by atoms with Crippen molar-refractivity contribution in [3.63, 3.8) is 0 Å². The molecule has 18 N–H and O–H groups in total. The van der Waals surface area contributed by atoms with Crippen LogP contribution in [0.1, 0.15) is 38.2 Å². The molecule has 9 unspecified atom stereocenters. The molecule has 2 fully saturated rings. The Hall–Kier alpha value is -7.04. The first-order chi connectivity index (χ1) is 36.5. The van der Waals surface area contributed by atoms with E-state index in [1.54, 1.807) is 30.3 Å². The van der Waals surface area contributed by atoms with Crippen LogP contribution in [0.4, 0.5) is 0 Å². The molecule has 10 amide bonds. The molecule has 30 nitrogen and oxygen atoms in total. The lowest BCUT2D eigenvalue weighted by atomic mass is 10.0. The van der Waals surface area contributed by atoms with Crippen LogP contribution in [0.5, 0.6) is 0 Å². The van der Waals surface area contributed by atoms with Crippen molar-refractivity contribution in [2.24, 2.45) is 16.5 Å². The number of guanidine groups is 1. The number of rotatable bonds is 16. The number of hydrogen-bond acceptors (Lipinski definition) is 19. The molecule has 0 aliphatic carbocycles. The summed E-state index contributed by atoms with van der Waals surface area (Å²) in [6.07, 6.45) is -2.49.